The maximum Gasteiger partial charge on any atom is 0.177 e. The van der Waals surface area contributed by atoms with Crippen molar-refractivity contribution in [2.75, 3.05) is 0 Å². The van der Waals surface area contributed by atoms with Gasteiger partial charge in [0.05, 0.1) is 11.8 Å². The lowest BCUT2D eigenvalue weighted by molar-refractivity contribution is 0.475. The molecule has 78 valence electrons. The van der Waals surface area contributed by atoms with Crippen molar-refractivity contribution in [3.63, 3.8) is 0 Å². The van der Waals surface area contributed by atoms with Crippen LogP contribution in [0.1, 0.15) is 0 Å². The number of fused-ring (bicyclic) bond motifs is 1. The monoisotopic (exact) mass is 211 g/mol. The number of hydrogen-bond donors (Lipinski definition) is 2. The predicted octanol–water partition coefficient (Wildman–Crippen LogP) is 2.33. The molecule has 16 heavy (non-hydrogen) atoms. The van der Waals surface area contributed by atoms with E-state index >= 15 is 0 Å². The summed E-state index contributed by atoms with van der Waals surface area (Å²) in [5.41, 5.74) is 3.47. The smallest absolute Gasteiger partial charge is 0.177 e. The van der Waals surface area contributed by atoms with Crippen molar-refractivity contribution in [3.05, 3.63) is 42.9 Å². The van der Waals surface area contributed by atoms with E-state index in [0.29, 0.717) is 5.65 Å². The molecule has 0 saturated carbocycles. The molecular formula is C12H9N3O. The second kappa shape index (κ2) is 3.34. The second-order valence-corrected chi connectivity index (χ2v) is 3.55. The molecule has 1 aromatic carbocycles. The van der Waals surface area contributed by atoms with Crippen LogP contribution < -0.4 is 0 Å². The molecule has 0 radical (unpaired) electrons. The Hall–Kier alpha value is -2.36. The molecule has 2 N–H and O–H groups in total. The van der Waals surface area contributed by atoms with Crippen LogP contribution in [0.15, 0.2) is 42.9 Å². The lowest BCUT2D eigenvalue weighted by atomic mass is 10.1. The molecule has 0 aliphatic carbocycles. The van der Waals surface area contributed by atoms with E-state index in [0.717, 1.165) is 16.6 Å². The summed E-state index contributed by atoms with van der Waals surface area (Å²) in [7, 11) is 0. The summed E-state index contributed by atoms with van der Waals surface area (Å²) in [5.74, 6) is 0.252. The van der Waals surface area contributed by atoms with Crippen molar-refractivity contribution in [2.24, 2.45) is 0 Å². The van der Waals surface area contributed by atoms with Gasteiger partial charge in [0.1, 0.15) is 5.75 Å². The molecule has 4 nitrogen and oxygen atoms in total. The van der Waals surface area contributed by atoms with E-state index < -0.39 is 0 Å². The fourth-order valence-electron chi connectivity index (χ4n) is 1.67. The number of phenols is 1. The van der Waals surface area contributed by atoms with Gasteiger partial charge in [-0.15, -0.1) is 0 Å². The van der Waals surface area contributed by atoms with E-state index in [2.05, 4.69) is 15.0 Å². The maximum absolute atomic E-state index is 9.41. The highest BCUT2D eigenvalue weighted by Crippen LogP contribution is 2.24. The zero-order chi connectivity index (χ0) is 11.0. The van der Waals surface area contributed by atoms with Crippen molar-refractivity contribution < 1.29 is 5.11 Å². The molecule has 3 rings (SSSR count). The van der Waals surface area contributed by atoms with Crippen LogP contribution in [0.25, 0.3) is 22.3 Å². The van der Waals surface area contributed by atoms with Gasteiger partial charge in [-0.1, -0.05) is 12.1 Å². The number of aromatic hydroxyl groups is 1. The molecule has 0 spiro atoms. The third-order valence-electron chi connectivity index (χ3n) is 2.45. The van der Waals surface area contributed by atoms with Gasteiger partial charge in [-0.3, -0.25) is 0 Å². The molecule has 0 fully saturated rings. The molecule has 0 saturated heterocycles. The first-order valence-electron chi connectivity index (χ1n) is 4.91. The highest BCUT2D eigenvalue weighted by molar-refractivity contribution is 5.77. The van der Waals surface area contributed by atoms with Gasteiger partial charge in [0.25, 0.3) is 0 Å². The van der Waals surface area contributed by atoms with Gasteiger partial charge in [0, 0.05) is 11.8 Å². The Morgan fingerprint density at radius 3 is 2.88 bits per heavy atom. The Balaban J connectivity index is 2.18. The van der Waals surface area contributed by atoms with E-state index in [9.17, 15) is 5.11 Å². The fourth-order valence-corrected chi connectivity index (χ4v) is 1.67. The van der Waals surface area contributed by atoms with Crippen molar-refractivity contribution in [3.8, 4) is 16.9 Å². The Bertz CT molecular complexity index is 645. The number of H-pyrrole nitrogens is 1. The van der Waals surface area contributed by atoms with E-state index in [1.54, 1.807) is 24.7 Å². The van der Waals surface area contributed by atoms with Crippen LogP contribution >= 0.6 is 0 Å². The number of aromatic amines is 1. The Morgan fingerprint density at radius 2 is 2.00 bits per heavy atom. The lowest BCUT2D eigenvalue weighted by Gasteiger charge is -2.01. The summed E-state index contributed by atoms with van der Waals surface area (Å²) in [5, 5.41) is 9.41. The molecule has 0 unspecified atom stereocenters. The van der Waals surface area contributed by atoms with E-state index in [4.69, 9.17) is 0 Å². The largest absolute Gasteiger partial charge is 0.508 e. The molecule has 0 aliphatic heterocycles. The van der Waals surface area contributed by atoms with Gasteiger partial charge >= 0.3 is 0 Å². The van der Waals surface area contributed by atoms with Crippen molar-refractivity contribution in [1.29, 1.82) is 0 Å². The molecule has 0 amide bonds. The molecule has 0 bridgehead atoms. The van der Waals surface area contributed by atoms with Crippen LogP contribution in [0.2, 0.25) is 0 Å². The summed E-state index contributed by atoms with van der Waals surface area (Å²) in [6.07, 6.45) is 3.36. The molecule has 0 aliphatic rings. The molecule has 3 aromatic rings. The number of aromatic nitrogens is 3. The standard InChI is InChI=1S/C12H9N3O/c16-10-3-1-2-8(4-10)9-5-11-12(13-6-9)15-7-14-11/h1-7,16H,(H,13,14,15). The van der Waals surface area contributed by atoms with Crippen LogP contribution in [0.5, 0.6) is 5.75 Å². The van der Waals surface area contributed by atoms with Gasteiger partial charge in [-0.25, -0.2) is 9.97 Å². The maximum atomic E-state index is 9.41. The number of pyridine rings is 1. The van der Waals surface area contributed by atoms with Gasteiger partial charge in [0.2, 0.25) is 0 Å². The van der Waals surface area contributed by atoms with Crippen LogP contribution in [0, 0.1) is 0 Å². The normalized spacial score (nSPS) is 10.8. The molecule has 4 heteroatoms. The quantitative estimate of drug-likeness (QED) is 0.649. The summed E-state index contributed by atoms with van der Waals surface area (Å²) in [6, 6.07) is 9.05. The van der Waals surface area contributed by atoms with Crippen LogP contribution in [0.4, 0.5) is 0 Å². The zero-order valence-corrected chi connectivity index (χ0v) is 8.38. The zero-order valence-electron chi connectivity index (χ0n) is 8.38. The fraction of sp³-hybridized carbons (Fsp3) is 0. The molecule has 2 heterocycles. The Morgan fingerprint density at radius 1 is 1.06 bits per heavy atom. The van der Waals surface area contributed by atoms with Crippen LogP contribution in [-0.4, -0.2) is 20.1 Å². The number of phenolic OH excluding ortho intramolecular Hbond substituents is 1. The topological polar surface area (TPSA) is 61.8 Å². The first-order chi connectivity index (χ1) is 7.83. The van der Waals surface area contributed by atoms with Gasteiger partial charge in [-0.05, 0) is 23.8 Å². The number of rotatable bonds is 1. The third kappa shape index (κ3) is 1.40. The average molecular weight is 211 g/mol. The minimum absolute atomic E-state index is 0.252. The molecular weight excluding hydrogens is 202 g/mol. The second-order valence-electron chi connectivity index (χ2n) is 3.55. The van der Waals surface area contributed by atoms with E-state index in [1.807, 2.05) is 18.2 Å². The highest BCUT2D eigenvalue weighted by Gasteiger charge is 2.02. The summed E-state index contributed by atoms with van der Waals surface area (Å²) in [6.45, 7) is 0. The summed E-state index contributed by atoms with van der Waals surface area (Å²) < 4.78 is 0. The minimum atomic E-state index is 0.252. The number of benzene rings is 1. The van der Waals surface area contributed by atoms with Gasteiger partial charge < -0.3 is 10.1 Å². The van der Waals surface area contributed by atoms with Crippen LogP contribution in [0.3, 0.4) is 0 Å². The number of hydrogen-bond acceptors (Lipinski definition) is 3. The first kappa shape index (κ1) is 8.91. The van der Waals surface area contributed by atoms with Gasteiger partial charge in [0.15, 0.2) is 5.65 Å². The van der Waals surface area contributed by atoms with E-state index in [-0.39, 0.29) is 5.75 Å². The lowest BCUT2D eigenvalue weighted by Crippen LogP contribution is -1.81. The molecule has 2 aromatic heterocycles. The minimum Gasteiger partial charge on any atom is -0.508 e. The highest BCUT2D eigenvalue weighted by atomic mass is 16.3. The van der Waals surface area contributed by atoms with Crippen LogP contribution in [-0.2, 0) is 0 Å². The SMILES string of the molecule is Oc1cccc(-c2cnc3nc[nH]c3c2)c1. The van der Waals surface area contributed by atoms with Crippen molar-refractivity contribution in [2.45, 2.75) is 0 Å². The van der Waals surface area contributed by atoms with Crippen molar-refractivity contribution >= 4 is 11.2 Å². The number of imidazole rings is 1. The average Bonchev–Trinajstić information content (AvgIpc) is 2.75. The van der Waals surface area contributed by atoms with Crippen molar-refractivity contribution in [1.82, 2.24) is 15.0 Å². The Labute approximate surface area is 91.6 Å². The third-order valence-corrected chi connectivity index (χ3v) is 2.45. The summed E-state index contributed by atoms with van der Waals surface area (Å²) >= 11 is 0. The summed E-state index contributed by atoms with van der Waals surface area (Å²) in [4.78, 5) is 11.3. The predicted molar refractivity (Wildman–Crippen MR) is 61.0 cm³/mol. The number of nitrogens with one attached hydrogen (secondary N) is 1. The van der Waals surface area contributed by atoms with E-state index in [1.165, 1.54) is 0 Å². The number of nitrogens with zero attached hydrogens (tertiary/aromatic N) is 2. The van der Waals surface area contributed by atoms with Gasteiger partial charge in [-0.2, -0.15) is 0 Å². The first-order valence-corrected chi connectivity index (χ1v) is 4.91. The Kier molecular flexibility index (Phi) is 1.86. The molecule has 0 atom stereocenters.